The van der Waals surface area contributed by atoms with E-state index in [2.05, 4.69) is 36.1 Å². The van der Waals surface area contributed by atoms with E-state index in [1.807, 2.05) is 0 Å². The van der Waals surface area contributed by atoms with E-state index < -0.39 is 0 Å². The van der Waals surface area contributed by atoms with Crippen LogP contribution in [0.2, 0.25) is 0 Å². The SMILES string of the molecule is Cc1cccc(CN2CCC[C@@H](C(N)=O)C2)c1. The number of piperidine rings is 1. The van der Waals surface area contributed by atoms with Gasteiger partial charge in [0.25, 0.3) is 0 Å². The number of aryl methyl sites for hydroxylation is 1. The third-order valence-corrected chi connectivity index (χ3v) is 3.40. The maximum Gasteiger partial charge on any atom is 0.221 e. The largest absolute Gasteiger partial charge is 0.369 e. The summed E-state index contributed by atoms with van der Waals surface area (Å²) in [5.41, 5.74) is 7.98. The number of hydrogen-bond acceptors (Lipinski definition) is 2. The van der Waals surface area contributed by atoms with Gasteiger partial charge in [0.1, 0.15) is 0 Å². The van der Waals surface area contributed by atoms with E-state index in [4.69, 9.17) is 5.73 Å². The molecule has 0 radical (unpaired) electrons. The fourth-order valence-corrected chi connectivity index (χ4v) is 2.50. The van der Waals surface area contributed by atoms with Crippen LogP contribution >= 0.6 is 0 Å². The van der Waals surface area contributed by atoms with Gasteiger partial charge in [0.05, 0.1) is 5.92 Å². The van der Waals surface area contributed by atoms with Crippen LogP contribution < -0.4 is 5.73 Å². The van der Waals surface area contributed by atoms with E-state index in [0.29, 0.717) is 0 Å². The molecule has 0 aliphatic carbocycles. The lowest BCUT2D eigenvalue weighted by atomic mass is 9.97. The van der Waals surface area contributed by atoms with E-state index in [0.717, 1.165) is 32.5 Å². The van der Waals surface area contributed by atoms with Crippen molar-refractivity contribution in [1.82, 2.24) is 4.90 Å². The number of nitrogens with two attached hydrogens (primary N) is 1. The Bertz CT molecular complexity index is 403. The molecule has 1 heterocycles. The average molecular weight is 232 g/mol. The molecule has 0 aromatic heterocycles. The summed E-state index contributed by atoms with van der Waals surface area (Å²) in [4.78, 5) is 13.5. The zero-order valence-corrected chi connectivity index (χ0v) is 10.4. The minimum absolute atomic E-state index is 0.0357. The van der Waals surface area contributed by atoms with Gasteiger partial charge in [-0.05, 0) is 31.9 Å². The quantitative estimate of drug-likeness (QED) is 0.862. The maximum atomic E-state index is 11.2. The summed E-state index contributed by atoms with van der Waals surface area (Å²) in [5.74, 6) is -0.118. The highest BCUT2D eigenvalue weighted by Gasteiger charge is 2.23. The molecule has 0 unspecified atom stereocenters. The number of amides is 1. The number of carbonyl (C=O) groups excluding carboxylic acids is 1. The van der Waals surface area contributed by atoms with Crippen LogP contribution in [0, 0.1) is 12.8 Å². The molecule has 2 N–H and O–H groups in total. The van der Waals surface area contributed by atoms with Gasteiger partial charge in [-0.15, -0.1) is 0 Å². The van der Waals surface area contributed by atoms with Crippen LogP contribution in [0.4, 0.5) is 0 Å². The smallest absolute Gasteiger partial charge is 0.221 e. The molecule has 1 amide bonds. The van der Waals surface area contributed by atoms with Crippen LogP contribution in [0.15, 0.2) is 24.3 Å². The highest BCUT2D eigenvalue weighted by Crippen LogP contribution is 2.18. The molecule has 3 heteroatoms. The predicted molar refractivity (Wildman–Crippen MR) is 68.4 cm³/mol. The number of nitrogens with zero attached hydrogens (tertiary/aromatic N) is 1. The van der Waals surface area contributed by atoms with Crippen molar-refractivity contribution in [1.29, 1.82) is 0 Å². The first-order valence-electron chi connectivity index (χ1n) is 6.22. The Morgan fingerprint density at radius 1 is 1.53 bits per heavy atom. The second kappa shape index (κ2) is 5.32. The standard InChI is InChI=1S/C14H20N2O/c1-11-4-2-5-12(8-11)9-16-7-3-6-13(10-16)14(15)17/h2,4-5,8,13H,3,6-7,9-10H2,1H3,(H2,15,17)/t13-/m1/s1. The monoisotopic (exact) mass is 232 g/mol. The van der Waals surface area contributed by atoms with E-state index in [9.17, 15) is 4.79 Å². The van der Waals surface area contributed by atoms with Crippen LogP contribution in [0.3, 0.4) is 0 Å². The zero-order chi connectivity index (χ0) is 12.3. The van der Waals surface area contributed by atoms with Crippen molar-refractivity contribution in [3.63, 3.8) is 0 Å². The van der Waals surface area contributed by atoms with Gasteiger partial charge in [-0.3, -0.25) is 9.69 Å². The van der Waals surface area contributed by atoms with Gasteiger partial charge < -0.3 is 5.73 Å². The van der Waals surface area contributed by atoms with E-state index in [1.54, 1.807) is 0 Å². The van der Waals surface area contributed by atoms with Crippen LogP contribution in [-0.2, 0) is 11.3 Å². The fraction of sp³-hybridized carbons (Fsp3) is 0.500. The Morgan fingerprint density at radius 3 is 3.06 bits per heavy atom. The number of hydrogen-bond donors (Lipinski definition) is 1. The van der Waals surface area contributed by atoms with Gasteiger partial charge in [0.15, 0.2) is 0 Å². The number of primary amides is 1. The molecule has 0 bridgehead atoms. The Labute approximate surface area is 103 Å². The van der Waals surface area contributed by atoms with Gasteiger partial charge >= 0.3 is 0 Å². The first-order valence-corrected chi connectivity index (χ1v) is 6.22. The van der Waals surface area contributed by atoms with Gasteiger partial charge in [-0.1, -0.05) is 29.8 Å². The van der Waals surface area contributed by atoms with Gasteiger partial charge in [0.2, 0.25) is 5.91 Å². The highest BCUT2D eigenvalue weighted by molar-refractivity contribution is 5.76. The maximum absolute atomic E-state index is 11.2. The van der Waals surface area contributed by atoms with Crippen molar-refractivity contribution in [2.75, 3.05) is 13.1 Å². The summed E-state index contributed by atoms with van der Waals surface area (Å²) < 4.78 is 0. The Kier molecular flexibility index (Phi) is 3.79. The molecular formula is C14H20N2O. The summed E-state index contributed by atoms with van der Waals surface area (Å²) in [6.07, 6.45) is 2.01. The first kappa shape index (κ1) is 12.1. The zero-order valence-electron chi connectivity index (χ0n) is 10.4. The van der Waals surface area contributed by atoms with E-state index in [1.165, 1.54) is 11.1 Å². The topological polar surface area (TPSA) is 46.3 Å². The molecule has 1 aromatic carbocycles. The summed E-state index contributed by atoms with van der Waals surface area (Å²) in [5, 5.41) is 0. The number of carbonyl (C=O) groups is 1. The van der Waals surface area contributed by atoms with Crippen molar-refractivity contribution >= 4 is 5.91 Å². The molecule has 0 spiro atoms. The van der Waals surface area contributed by atoms with Gasteiger partial charge in [-0.25, -0.2) is 0 Å². The molecule has 3 nitrogen and oxygen atoms in total. The van der Waals surface area contributed by atoms with Crippen LogP contribution in [-0.4, -0.2) is 23.9 Å². The fourth-order valence-electron chi connectivity index (χ4n) is 2.50. The number of rotatable bonds is 3. The first-order chi connectivity index (χ1) is 8.15. The lowest BCUT2D eigenvalue weighted by Gasteiger charge is -2.31. The average Bonchev–Trinajstić information content (AvgIpc) is 2.29. The van der Waals surface area contributed by atoms with Crippen LogP contribution in [0.25, 0.3) is 0 Å². The lowest BCUT2D eigenvalue weighted by Crippen LogP contribution is -2.40. The molecule has 1 aliphatic heterocycles. The Morgan fingerprint density at radius 2 is 2.35 bits per heavy atom. The Balaban J connectivity index is 1.97. The van der Waals surface area contributed by atoms with Crippen LogP contribution in [0.1, 0.15) is 24.0 Å². The molecule has 1 atom stereocenters. The molecule has 92 valence electrons. The van der Waals surface area contributed by atoms with Gasteiger partial charge in [0, 0.05) is 13.1 Å². The number of benzene rings is 1. The third-order valence-electron chi connectivity index (χ3n) is 3.40. The van der Waals surface area contributed by atoms with Crippen molar-refractivity contribution in [3.8, 4) is 0 Å². The summed E-state index contributed by atoms with van der Waals surface area (Å²) in [6.45, 7) is 4.90. The van der Waals surface area contributed by atoms with E-state index >= 15 is 0 Å². The second-order valence-corrected chi connectivity index (χ2v) is 4.97. The van der Waals surface area contributed by atoms with Crippen molar-refractivity contribution in [3.05, 3.63) is 35.4 Å². The molecule has 1 saturated heterocycles. The summed E-state index contributed by atoms with van der Waals surface area (Å²) in [7, 11) is 0. The molecule has 1 aromatic rings. The molecular weight excluding hydrogens is 212 g/mol. The Hall–Kier alpha value is -1.35. The molecule has 0 saturated carbocycles. The van der Waals surface area contributed by atoms with Crippen LogP contribution in [0.5, 0.6) is 0 Å². The molecule has 17 heavy (non-hydrogen) atoms. The third kappa shape index (κ3) is 3.30. The second-order valence-electron chi connectivity index (χ2n) is 4.97. The van der Waals surface area contributed by atoms with Crippen molar-refractivity contribution in [2.24, 2.45) is 11.7 Å². The number of likely N-dealkylation sites (tertiary alicyclic amines) is 1. The van der Waals surface area contributed by atoms with Crippen molar-refractivity contribution in [2.45, 2.75) is 26.3 Å². The summed E-state index contributed by atoms with van der Waals surface area (Å²) in [6, 6.07) is 8.53. The predicted octanol–water partition coefficient (Wildman–Crippen LogP) is 1.69. The molecule has 1 aliphatic rings. The minimum Gasteiger partial charge on any atom is -0.369 e. The normalized spacial score (nSPS) is 21.4. The van der Waals surface area contributed by atoms with Gasteiger partial charge in [-0.2, -0.15) is 0 Å². The molecule has 2 rings (SSSR count). The highest BCUT2D eigenvalue weighted by atomic mass is 16.1. The summed E-state index contributed by atoms with van der Waals surface area (Å²) >= 11 is 0. The molecule has 1 fully saturated rings. The minimum atomic E-state index is -0.154. The van der Waals surface area contributed by atoms with Crippen molar-refractivity contribution < 1.29 is 4.79 Å². The lowest BCUT2D eigenvalue weighted by molar-refractivity contribution is -0.123. The van der Waals surface area contributed by atoms with E-state index in [-0.39, 0.29) is 11.8 Å².